The Kier molecular flexibility index (Phi) is 6.42. The predicted octanol–water partition coefficient (Wildman–Crippen LogP) is 2.94. The SMILES string of the molecule is CCc1ccccc1S(=O)(=O)N1CCC(c2ccn3ncc(C(=O)N4CCOCC4)c3c2)CC1. The summed E-state index contributed by atoms with van der Waals surface area (Å²) in [5.41, 5.74) is 3.36. The molecule has 1 aromatic carbocycles. The second-order valence-electron chi connectivity index (χ2n) is 8.89. The Morgan fingerprint density at radius 3 is 2.56 bits per heavy atom. The molecule has 9 heteroatoms. The third kappa shape index (κ3) is 4.23. The van der Waals surface area contributed by atoms with E-state index in [2.05, 4.69) is 5.10 Å². The van der Waals surface area contributed by atoms with Gasteiger partial charge in [-0.05, 0) is 54.5 Å². The van der Waals surface area contributed by atoms with Crippen LogP contribution >= 0.6 is 0 Å². The number of amides is 1. The van der Waals surface area contributed by atoms with Crippen molar-refractivity contribution >= 4 is 21.4 Å². The topological polar surface area (TPSA) is 84.2 Å². The quantitative estimate of drug-likeness (QED) is 0.558. The van der Waals surface area contributed by atoms with Crippen molar-refractivity contribution in [1.29, 1.82) is 0 Å². The maximum Gasteiger partial charge on any atom is 0.257 e. The minimum absolute atomic E-state index is 0.0223. The van der Waals surface area contributed by atoms with Gasteiger partial charge in [-0.3, -0.25) is 4.79 Å². The van der Waals surface area contributed by atoms with E-state index in [-0.39, 0.29) is 11.8 Å². The molecule has 0 unspecified atom stereocenters. The smallest absolute Gasteiger partial charge is 0.257 e. The van der Waals surface area contributed by atoms with E-state index in [9.17, 15) is 13.2 Å². The average molecular weight is 483 g/mol. The van der Waals surface area contributed by atoms with Gasteiger partial charge in [0.2, 0.25) is 10.0 Å². The molecule has 0 spiro atoms. The number of rotatable bonds is 5. The maximum atomic E-state index is 13.3. The zero-order chi connectivity index (χ0) is 23.7. The highest BCUT2D eigenvalue weighted by Gasteiger charge is 2.31. The van der Waals surface area contributed by atoms with Gasteiger partial charge in [-0.1, -0.05) is 25.1 Å². The molecule has 2 aromatic heterocycles. The normalized spacial score (nSPS) is 18.4. The van der Waals surface area contributed by atoms with E-state index in [1.807, 2.05) is 42.3 Å². The second kappa shape index (κ2) is 9.48. The van der Waals surface area contributed by atoms with Gasteiger partial charge in [0.1, 0.15) is 0 Å². The fraction of sp³-hybridized carbons (Fsp3) is 0.440. The summed E-state index contributed by atoms with van der Waals surface area (Å²) in [6, 6.07) is 11.3. The van der Waals surface area contributed by atoms with E-state index in [1.54, 1.807) is 27.2 Å². The van der Waals surface area contributed by atoms with E-state index in [0.29, 0.717) is 56.3 Å². The summed E-state index contributed by atoms with van der Waals surface area (Å²) in [5, 5.41) is 4.37. The van der Waals surface area contributed by atoms with Gasteiger partial charge in [0.25, 0.3) is 5.91 Å². The van der Waals surface area contributed by atoms with E-state index >= 15 is 0 Å². The Morgan fingerprint density at radius 1 is 1.09 bits per heavy atom. The van der Waals surface area contributed by atoms with Crippen LogP contribution in [0.25, 0.3) is 5.52 Å². The van der Waals surface area contributed by atoms with Crippen LogP contribution in [0.1, 0.15) is 47.2 Å². The Labute approximate surface area is 200 Å². The van der Waals surface area contributed by atoms with E-state index in [4.69, 9.17) is 4.74 Å². The summed E-state index contributed by atoms with van der Waals surface area (Å²) in [5.74, 6) is 0.213. The Bertz CT molecular complexity index is 1290. The average Bonchev–Trinajstić information content (AvgIpc) is 3.32. The molecule has 0 bridgehead atoms. The number of hydrogen-bond acceptors (Lipinski definition) is 5. The molecule has 180 valence electrons. The highest BCUT2D eigenvalue weighted by Crippen LogP contribution is 2.32. The number of aryl methyl sites for hydroxylation is 1. The van der Waals surface area contributed by atoms with E-state index < -0.39 is 10.0 Å². The highest BCUT2D eigenvalue weighted by molar-refractivity contribution is 7.89. The summed E-state index contributed by atoms with van der Waals surface area (Å²) in [6.45, 7) is 5.23. The number of hydrogen-bond donors (Lipinski definition) is 0. The van der Waals surface area contributed by atoms with E-state index in [0.717, 1.165) is 29.5 Å². The lowest BCUT2D eigenvalue weighted by molar-refractivity contribution is 0.0304. The van der Waals surface area contributed by atoms with Crippen molar-refractivity contribution in [1.82, 2.24) is 18.8 Å². The molecule has 3 aromatic rings. The van der Waals surface area contributed by atoms with Crippen molar-refractivity contribution in [2.45, 2.75) is 37.0 Å². The number of carbonyl (C=O) groups excluding carboxylic acids is 1. The molecule has 1 amide bonds. The van der Waals surface area contributed by atoms with Gasteiger partial charge in [0, 0.05) is 32.4 Å². The van der Waals surface area contributed by atoms with Crippen LogP contribution < -0.4 is 0 Å². The number of benzene rings is 1. The molecule has 4 heterocycles. The first-order valence-electron chi connectivity index (χ1n) is 11.9. The molecule has 0 atom stereocenters. The molecule has 0 radical (unpaired) electrons. The summed E-state index contributed by atoms with van der Waals surface area (Å²) in [4.78, 5) is 15.3. The van der Waals surface area contributed by atoms with Crippen LogP contribution in [0.3, 0.4) is 0 Å². The van der Waals surface area contributed by atoms with Crippen LogP contribution in [0.15, 0.2) is 53.7 Å². The Morgan fingerprint density at radius 2 is 1.82 bits per heavy atom. The number of pyridine rings is 1. The lowest BCUT2D eigenvalue weighted by Crippen LogP contribution is -2.40. The number of aromatic nitrogens is 2. The molecule has 5 rings (SSSR count). The summed E-state index contributed by atoms with van der Waals surface area (Å²) >= 11 is 0. The third-order valence-electron chi connectivity index (χ3n) is 6.97. The fourth-order valence-electron chi connectivity index (χ4n) is 4.97. The third-order valence-corrected chi connectivity index (χ3v) is 8.97. The lowest BCUT2D eigenvalue weighted by atomic mass is 9.90. The molecule has 0 aliphatic carbocycles. The van der Waals surface area contributed by atoms with Crippen LogP contribution in [-0.4, -0.2) is 72.5 Å². The molecule has 34 heavy (non-hydrogen) atoms. The number of carbonyl (C=O) groups is 1. The van der Waals surface area contributed by atoms with Crippen molar-refractivity contribution in [2.24, 2.45) is 0 Å². The Balaban J connectivity index is 1.33. The first kappa shape index (κ1) is 23.0. The van der Waals surface area contributed by atoms with Crippen LogP contribution in [0.4, 0.5) is 0 Å². The van der Waals surface area contributed by atoms with Gasteiger partial charge >= 0.3 is 0 Å². The van der Waals surface area contributed by atoms with Crippen LogP contribution in [0.5, 0.6) is 0 Å². The zero-order valence-electron chi connectivity index (χ0n) is 19.4. The number of ether oxygens (including phenoxy) is 1. The number of sulfonamides is 1. The number of morpholine rings is 1. The Hall–Kier alpha value is -2.75. The molecular formula is C25H30N4O4S. The van der Waals surface area contributed by atoms with Gasteiger partial charge in [0.15, 0.2) is 0 Å². The molecule has 0 saturated carbocycles. The largest absolute Gasteiger partial charge is 0.378 e. The van der Waals surface area contributed by atoms with Gasteiger partial charge < -0.3 is 9.64 Å². The zero-order valence-corrected chi connectivity index (χ0v) is 20.2. The molecule has 8 nitrogen and oxygen atoms in total. The summed E-state index contributed by atoms with van der Waals surface area (Å²) < 4.78 is 35.3. The van der Waals surface area contributed by atoms with Crippen molar-refractivity contribution in [3.05, 3.63) is 65.5 Å². The maximum absolute atomic E-state index is 13.3. The minimum atomic E-state index is -3.51. The molecule has 2 saturated heterocycles. The van der Waals surface area contributed by atoms with Crippen molar-refractivity contribution in [2.75, 3.05) is 39.4 Å². The van der Waals surface area contributed by atoms with Gasteiger partial charge in [-0.2, -0.15) is 9.40 Å². The highest BCUT2D eigenvalue weighted by atomic mass is 32.2. The predicted molar refractivity (Wildman–Crippen MR) is 128 cm³/mol. The van der Waals surface area contributed by atoms with Crippen molar-refractivity contribution < 1.29 is 17.9 Å². The van der Waals surface area contributed by atoms with E-state index in [1.165, 1.54) is 0 Å². The van der Waals surface area contributed by atoms with Crippen LogP contribution in [0.2, 0.25) is 0 Å². The first-order chi connectivity index (χ1) is 16.5. The monoisotopic (exact) mass is 482 g/mol. The number of piperidine rings is 1. The van der Waals surface area contributed by atoms with Gasteiger partial charge in [-0.25, -0.2) is 12.9 Å². The lowest BCUT2D eigenvalue weighted by Gasteiger charge is -2.32. The molecular weight excluding hydrogens is 452 g/mol. The van der Waals surface area contributed by atoms with Crippen molar-refractivity contribution in [3.63, 3.8) is 0 Å². The van der Waals surface area contributed by atoms with Gasteiger partial charge in [-0.15, -0.1) is 0 Å². The standard InChI is InChI=1S/C25H30N4O4S/c1-2-19-5-3-4-6-24(19)34(31,32)28-10-7-20(8-11-28)21-9-12-29-23(17-21)22(18-26-29)25(30)27-13-15-33-16-14-27/h3-6,9,12,17-18,20H,2,7-8,10-11,13-16H2,1H3. The molecule has 0 N–H and O–H groups in total. The number of nitrogens with zero attached hydrogens (tertiary/aromatic N) is 4. The molecule has 2 aliphatic rings. The molecule has 2 fully saturated rings. The van der Waals surface area contributed by atoms with Crippen LogP contribution in [-0.2, 0) is 21.2 Å². The van der Waals surface area contributed by atoms with Crippen LogP contribution in [0, 0.1) is 0 Å². The minimum Gasteiger partial charge on any atom is -0.378 e. The van der Waals surface area contributed by atoms with Gasteiger partial charge in [0.05, 0.1) is 35.4 Å². The summed E-state index contributed by atoms with van der Waals surface area (Å²) in [6.07, 6.45) is 5.69. The van der Waals surface area contributed by atoms with Crippen molar-refractivity contribution in [3.8, 4) is 0 Å². The number of fused-ring (bicyclic) bond motifs is 1. The fourth-order valence-corrected chi connectivity index (χ4v) is 6.73. The molecule has 2 aliphatic heterocycles. The summed E-state index contributed by atoms with van der Waals surface area (Å²) in [7, 11) is -3.51. The first-order valence-corrected chi connectivity index (χ1v) is 13.4. The second-order valence-corrected chi connectivity index (χ2v) is 10.8.